The molecule has 20 heavy (non-hydrogen) atoms. The quantitative estimate of drug-likeness (QED) is 0.783. The zero-order valence-corrected chi connectivity index (χ0v) is 10.9. The van der Waals surface area contributed by atoms with Crippen LogP contribution in [0.5, 0.6) is 11.5 Å². The van der Waals surface area contributed by atoms with Crippen LogP contribution in [0, 0.1) is 0 Å². The highest BCUT2D eigenvalue weighted by molar-refractivity contribution is 6.74. The summed E-state index contributed by atoms with van der Waals surface area (Å²) in [4.78, 5) is 0. The van der Waals surface area contributed by atoms with E-state index in [2.05, 4.69) is 0 Å². The average Bonchev–Trinajstić information content (AvgIpc) is 2.45. The van der Waals surface area contributed by atoms with Crippen molar-refractivity contribution in [3.05, 3.63) is 54.1 Å². The predicted octanol–water partition coefficient (Wildman–Crippen LogP) is 3.33. The van der Waals surface area contributed by atoms with Crippen LogP contribution in [-0.2, 0) is 6.61 Å². The van der Waals surface area contributed by atoms with Crippen molar-refractivity contribution < 1.29 is 22.4 Å². The summed E-state index contributed by atoms with van der Waals surface area (Å²) in [6.45, 7) is -5.00. The maximum absolute atomic E-state index is 12.8. The Hall–Kier alpha value is -2.11. The molecule has 0 aliphatic heterocycles. The first kappa shape index (κ1) is 14.3. The summed E-state index contributed by atoms with van der Waals surface area (Å²) in [5, 5.41) is 0. The number of halogens is 3. The van der Waals surface area contributed by atoms with E-state index in [1.165, 1.54) is 18.2 Å². The van der Waals surface area contributed by atoms with Gasteiger partial charge in [-0.3, -0.25) is 0 Å². The summed E-state index contributed by atoms with van der Waals surface area (Å²) >= 11 is 0. The van der Waals surface area contributed by atoms with Crippen molar-refractivity contribution in [3.8, 4) is 11.5 Å². The molecule has 0 radical (unpaired) electrons. The van der Waals surface area contributed by atoms with E-state index in [0.717, 1.165) is 11.6 Å². The Morgan fingerprint density at radius 3 is 2.20 bits per heavy atom. The molecule has 0 heterocycles. The Balaban J connectivity index is 2.10. The van der Waals surface area contributed by atoms with E-state index in [1.807, 2.05) is 0 Å². The molecule has 0 saturated heterocycles. The lowest BCUT2D eigenvalue weighted by atomic mass is 9.79. The molecule has 6 heteroatoms. The molecule has 0 aromatic heterocycles. The van der Waals surface area contributed by atoms with Gasteiger partial charge in [-0.1, -0.05) is 35.8 Å². The molecule has 2 aromatic carbocycles. The third-order valence-electron chi connectivity index (χ3n) is 2.83. The fraction of sp³-hybridized carbons (Fsp3) is 0.143. The third kappa shape index (κ3) is 3.47. The van der Waals surface area contributed by atoms with Crippen molar-refractivity contribution in [1.29, 1.82) is 0 Å². The second-order valence-electron chi connectivity index (χ2n) is 4.25. The summed E-state index contributed by atoms with van der Waals surface area (Å²) in [5.74, 6) is 0.545. The van der Waals surface area contributed by atoms with Gasteiger partial charge in [-0.2, -0.15) is 0 Å². The van der Waals surface area contributed by atoms with E-state index in [0.29, 0.717) is 5.75 Å². The number of ether oxygens (including phenoxy) is 2. The van der Waals surface area contributed by atoms with Gasteiger partial charge >= 0.3 is 6.98 Å². The fourth-order valence-electron chi connectivity index (χ4n) is 1.77. The number of para-hydroxylation sites is 1. The fourth-order valence-corrected chi connectivity index (χ4v) is 1.77. The van der Waals surface area contributed by atoms with Gasteiger partial charge in [0.2, 0.25) is 0 Å². The first-order valence-electron chi connectivity index (χ1n) is 6.05. The lowest BCUT2D eigenvalue weighted by molar-refractivity contribution is 0.306. The molecule has 0 bridgehead atoms. The Bertz CT molecular complexity index is 567. The van der Waals surface area contributed by atoms with Gasteiger partial charge in [-0.05, 0) is 23.8 Å². The zero-order valence-electron chi connectivity index (χ0n) is 10.9. The molecular weight excluding hydrogens is 268 g/mol. The van der Waals surface area contributed by atoms with Crippen LogP contribution in [0.2, 0.25) is 0 Å². The monoisotopic (exact) mass is 281 g/mol. The normalized spacial score (nSPS) is 11.2. The van der Waals surface area contributed by atoms with Crippen molar-refractivity contribution in [1.82, 2.24) is 0 Å². The summed E-state index contributed by atoms with van der Waals surface area (Å²) in [6.07, 6.45) is 0. The van der Waals surface area contributed by atoms with Gasteiger partial charge in [0.25, 0.3) is 0 Å². The van der Waals surface area contributed by atoms with Crippen LogP contribution < -0.4 is 14.9 Å². The van der Waals surface area contributed by atoms with E-state index in [-0.39, 0.29) is 12.4 Å². The minimum Gasteiger partial charge on any atom is -0.497 e. The number of methoxy groups -OCH3 is 1. The van der Waals surface area contributed by atoms with Crippen LogP contribution >= 0.6 is 0 Å². The molecule has 0 spiro atoms. The van der Waals surface area contributed by atoms with Gasteiger partial charge in [0.1, 0.15) is 12.4 Å². The van der Waals surface area contributed by atoms with Crippen LogP contribution in [0.4, 0.5) is 12.9 Å². The topological polar surface area (TPSA) is 18.5 Å². The summed E-state index contributed by atoms with van der Waals surface area (Å²) in [7, 11) is 1.55. The molecule has 106 valence electrons. The number of hydrogen-bond acceptors (Lipinski definition) is 2. The summed E-state index contributed by atoms with van der Waals surface area (Å²) in [5.41, 5.74) is 0.0660. The van der Waals surface area contributed by atoms with Crippen LogP contribution in [0.1, 0.15) is 5.56 Å². The number of rotatable bonds is 5. The second kappa shape index (κ2) is 5.90. The Kier molecular flexibility index (Phi) is 4.22. The minimum atomic E-state index is -5.08. The highest BCUT2D eigenvalue weighted by atomic mass is 19.4. The Morgan fingerprint density at radius 2 is 1.60 bits per heavy atom. The van der Waals surface area contributed by atoms with Crippen molar-refractivity contribution in [2.75, 3.05) is 7.11 Å². The Labute approximate surface area is 115 Å². The van der Waals surface area contributed by atoms with E-state index in [4.69, 9.17) is 9.47 Å². The van der Waals surface area contributed by atoms with Crippen LogP contribution in [0.25, 0.3) is 0 Å². The van der Waals surface area contributed by atoms with Gasteiger partial charge in [-0.25, -0.2) is 0 Å². The lowest BCUT2D eigenvalue weighted by Gasteiger charge is -2.19. The molecule has 2 nitrogen and oxygen atoms in total. The molecule has 0 fully saturated rings. The molecule has 2 rings (SSSR count). The van der Waals surface area contributed by atoms with E-state index in [9.17, 15) is 12.9 Å². The molecule has 0 atom stereocenters. The van der Waals surface area contributed by atoms with Crippen molar-refractivity contribution in [2.24, 2.45) is 0 Å². The highest BCUT2D eigenvalue weighted by Crippen LogP contribution is 2.19. The van der Waals surface area contributed by atoms with Gasteiger partial charge in [0.05, 0.1) is 12.9 Å². The maximum Gasteiger partial charge on any atom is 0.513 e. The SMILES string of the molecule is COc1ccc(COc2ccccc2[B-](F)(F)F)cc1. The molecule has 0 amide bonds. The number of hydrogen-bond donors (Lipinski definition) is 0. The van der Waals surface area contributed by atoms with E-state index >= 15 is 0 Å². The lowest BCUT2D eigenvalue weighted by Crippen LogP contribution is -2.35. The molecule has 0 N–H and O–H groups in total. The molecular formula is C14H13BF3O2-. The molecule has 0 saturated carbocycles. The first-order valence-corrected chi connectivity index (χ1v) is 6.05. The molecule has 0 unspecified atom stereocenters. The first-order chi connectivity index (χ1) is 9.50. The van der Waals surface area contributed by atoms with Crippen molar-refractivity contribution in [2.45, 2.75) is 6.61 Å². The molecule has 0 aliphatic carbocycles. The van der Waals surface area contributed by atoms with Crippen molar-refractivity contribution in [3.63, 3.8) is 0 Å². The average molecular weight is 281 g/mol. The van der Waals surface area contributed by atoms with E-state index < -0.39 is 12.4 Å². The predicted molar refractivity (Wildman–Crippen MR) is 72.5 cm³/mol. The smallest absolute Gasteiger partial charge is 0.497 e. The standard InChI is InChI=1S/C14H13BF3O2/c1-19-12-8-6-11(7-9-12)10-20-14-5-3-2-4-13(14)15(16,17)18/h2-9H,10H2,1H3/q-1. The zero-order chi connectivity index (χ0) is 14.6. The van der Waals surface area contributed by atoms with E-state index in [1.54, 1.807) is 31.4 Å². The van der Waals surface area contributed by atoms with Crippen LogP contribution in [-0.4, -0.2) is 14.1 Å². The summed E-state index contributed by atoms with van der Waals surface area (Å²) < 4.78 is 48.8. The van der Waals surface area contributed by atoms with Gasteiger partial charge < -0.3 is 22.4 Å². The number of benzene rings is 2. The Morgan fingerprint density at radius 1 is 0.950 bits per heavy atom. The van der Waals surface area contributed by atoms with Gasteiger partial charge in [-0.15, -0.1) is 0 Å². The summed E-state index contributed by atoms with van der Waals surface area (Å²) in [6, 6.07) is 12.2. The second-order valence-corrected chi connectivity index (χ2v) is 4.25. The van der Waals surface area contributed by atoms with Crippen LogP contribution in [0.3, 0.4) is 0 Å². The molecule has 0 aliphatic rings. The largest absolute Gasteiger partial charge is 0.513 e. The third-order valence-corrected chi connectivity index (χ3v) is 2.83. The van der Waals surface area contributed by atoms with Crippen molar-refractivity contribution >= 4 is 12.4 Å². The molecule has 2 aromatic rings. The maximum atomic E-state index is 12.8. The van der Waals surface area contributed by atoms with Crippen LogP contribution in [0.15, 0.2) is 48.5 Å². The van der Waals surface area contributed by atoms with Gasteiger partial charge in [0, 0.05) is 0 Å². The highest BCUT2D eigenvalue weighted by Gasteiger charge is 2.28. The minimum absolute atomic E-state index is 0.0766. The van der Waals surface area contributed by atoms with Gasteiger partial charge in [0.15, 0.2) is 0 Å².